The smallest absolute Gasteiger partial charge is 0.257 e. The third-order valence-corrected chi connectivity index (χ3v) is 4.89. The zero-order valence-corrected chi connectivity index (χ0v) is 17.6. The molecule has 0 unspecified atom stereocenters. The fourth-order valence-electron chi connectivity index (χ4n) is 2.28. The van der Waals surface area contributed by atoms with Crippen LogP contribution >= 0.6 is 24.0 Å². The van der Waals surface area contributed by atoms with E-state index in [-0.39, 0.29) is 5.91 Å². The molecule has 0 bridgehead atoms. The summed E-state index contributed by atoms with van der Waals surface area (Å²) in [6.07, 6.45) is 3.02. The van der Waals surface area contributed by atoms with Crippen LogP contribution in [0.1, 0.15) is 36.2 Å². The summed E-state index contributed by atoms with van der Waals surface area (Å²) in [4.78, 5) is 13.6. The van der Waals surface area contributed by atoms with E-state index < -0.39 is 0 Å². The molecule has 2 N–H and O–H groups in total. The Kier molecular flexibility index (Phi) is 8.61. The molecule has 0 fully saturated rings. The predicted octanol–water partition coefficient (Wildman–Crippen LogP) is 4.64. The number of amides is 1. The second kappa shape index (κ2) is 10.9. The molecule has 0 aliphatic heterocycles. The Hall–Kier alpha value is -2.05. The van der Waals surface area contributed by atoms with Crippen molar-refractivity contribution in [3.8, 4) is 5.75 Å². The van der Waals surface area contributed by atoms with Crippen LogP contribution in [0, 0.1) is 5.92 Å². The molecular weight excluding hydrogens is 376 g/mol. The monoisotopic (exact) mass is 402 g/mol. The molecule has 2 aromatic carbocycles. The number of rotatable bonds is 8. The second-order valence-electron chi connectivity index (χ2n) is 6.54. The Morgan fingerprint density at radius 2 is 1.93 bits per heavy atom. The van der Waals surface area contributed by atoms with E-state index in [4.69, 9.17) is 17.0 Å². The molecule has 4 nitrogen and oxygen atoms in total. The molecule has 0 spiro atoms. The van der Waals surface area contributed by atoms with Crippen LogP contribution in [0.25, 0.3) is 0 Å². The van der Waals surface area contributed by atoms with Gasteiger partial charge < -0.3 is 10.1 Å². The van der Waals surface area contributed by atoms with Crippen molar-refractivity contribution in [2.45, 2.75) is 31.7 Å². The highest BCUT2D eigenvalue weighted by atomic mass is 32.2. The third-order valence-electron chi connectivity index (χ3n) is 3.90. The van der Waals surface area contributed by atoms with Gasteiger partial charge in [0.25, 0.3) is 5.91 Å². The summed E-state index contributed by atoms with van der Waals surface area (Å²) in [6, 6.07) is 15.4. The first-order valence-electron chi connectivity index (χ1n) is 8.93. The van der Waals surface area contributed by atoms with Gasteiger partial charge in [0.15, 0.2) is 5.11 Å². The van der Waals surface area contributed by atoms with E-state index in [1.165, 1.54) is 4.90 Å². The van der Waals surface area contributed by atoms with Gasteiger partial charge in [0, 0.05) is 17.0 Å². The molecule has 0 heterocycles. The lowest BCUT2D eigenvalue weighted by molar-refractivity contribution is 0.0976. The topological polar surface area (TPSA) is 50.4 Å². The molecule has 6 heteroatoms. The van der Waals surface area contributed by atoms with Crippen molar-refractivity contribution < 1.29 is 9.53 Å². The van der Waals surface area contributed by atoms with Crippen LogP contribution in [-0.2, 0) is 6.54 Å². The van der Waals surface area contributed by atoms with E-state index in [0.717, 1.165) is 12.0 Å². The molecule has 2 aromatic rings. The lowest BCUT2D eigenvalue weighted by Crippen LogP contribution is -2.38. The lowest BCUT2D eigenvalue weighted by Gasteiger charge is -2.11. The highest BCUT2D eigenvalue weighted by Gasteiger charge is 2.09. The third kappa shape index (κ3) is 7.61. The summed E-state index contributed by atoms with van der Waals surface area (Å²) in [5, 5.41) is 6.08. The second-order valence-corrected chi connectivity index (χ2v) is 7.83. The number of carbonyl (C=O) groups excluding carboxylic acids is 1. The molecule has 0 saturated heterocycles. The number of thioether (sulfide) groups is 1. The van der Waals surface area contributed by atoms with Crippen molar-refractivity contribution >= 4 is 35.0 Å². The van der Waals surface area contributed by atoms with Crippen molar-refractivity contribution in [1.82, 2.24) is 10.6 Å². The molecule has 0 aromatic heterocycles. The Balaban J connectivity index is 1.83. The summed E-state index contributed by atoms with van der Waals surface area (Å²) in [7, 11) is 0. The van der Waals surface area contributed by atoms with Crippen molar-refractivity contribution in [1.29, 1.82) is 0 Å². The molecule has 27 heavy (non-hydrogen) atoms. The zero-order valence-electron chi connectivity index (χ0n) is 16.0. The normalized spacial score (nSPS) is 10.5. The van der Waals surface area contributed by atoms with Crippen LogP contribution in [0.5, 0.6) is 5.75 Å². The summed E-state index contributed by atoms with van der Waals surface area (Å²) >= 11 is 6.93. The highest BCUT2D eigenvalue weighted by Crippen LogP contribution is 2.15. The van der Waals surface area contributed by atoms with E-state index in [9.17, 15) is 4.79 Å². The molecule has 1 amide bonds. The van der Waals surface area contributed by atoms with E-state index in [2.05, 4.69) is 36.6 Å². The minimum atomic E-state index is -0.250. The Bertz CT molecular complexity index is 761. The van der Waals surface area contributed by atoms with Crippen molar-refractivity contribution in [3.63, 3.8) is 0 Å². The zero-order chi connectivity index (χ0) is 19.6. The minimum absolute atomic E-state index is 0.250. The van der Waals surface area contributed by atoms with Gasteiger partial charge in [-0.1, -0.05) is 32.0 Å². The van der Waals surface area contributed by atoms with Crippen LogP contribution in [0.3, 0.4) is 0 Å². The average molecular weight is 403 g/mol. The molecule has 144 valence electrons. The standard InChI is InChI=1S/C21H26N2O2S2/c1-15(2)11-12-25-18-6-4-5-17(13-18)20(24)23-21(26)22-14-16-7-9-19(27-3)10-8-16/h4-10,13,15H,11-12,14H2,1-3H3,(H2,22,23,24,26). The van der Waals surface area contributed by atoms with Crippen LogP contribution in [0.2, 0.25) is 0 Å². The van der Waals surface area contributed by atoms with Crippen LogP contribution < -0.4 is 15.4 Å². The number of benzene rings is 2. The Morgan fingerprint density at radius 3 is 2.59 bits per heavy atom. The van der Waals surface area contributed by atoms with Gasteiger partial charge in [-0.15, -0.1) is 11.8 Å². The molecular formula is C21H26N2O2S2. The summed E-state index contributed by atoms with van der Waals surface area (Å²) in [5.41, 5.74) is 1.62. The Morgan fingerprint density at radius 1 is 1.19 bits per heavy atom. The van der Waals surface area contributed by atoms with Gasteiger partial charge in [-0.25, -0.2) is 0 Å². The Labute approximate surface area is 171 Å². The first-order valence-corrected chi connectivity index (χ1v) is 10.6. The van der Waals surface area contributed by atoms with Crippen LogP contribution in [0.4, 0.5) is 0 Å². The maximum atomic E-state index is 12.4. The van der Waals surface area contributed by atoms with E-state index in [0.29, 0.717) is 35.5 Å². The van der Waals surface area contributed by atoms with E-state index in [1.807, 2.05) is 30.5 Å². The van der Waals surface area contributed by atoms with Gasteiger partial charge in [0.1, 0.15) is 5.75 Å². The first-order chi connectivity index (χ1) is 13.0. The highest BCUT2D eigenvalue weighted by molar-refractivity contribution is 7.98. The number of hydrogen-bond donors (Lipinski definition) is 2. The maximum Gasteiger partial charge on any atom is 0.257 e. The summed E-state index contributed by atoms with van der Waals surface area (Å²) < 4.78 is 5.71. The number of carbonyl (C=O) groups is 1. The molecule has 0 atom stereocenters. The molecule has 0 aliphatic carbocycles. The van der Waals surface area contributed by atoms with Gasteiger partial charge in [0.2, 0.25) is 0 Å². The van der Waals surface area contributed by atoms with Gasteiger partial charge >= 0.3 is 0 Å². The van der Waals surface area contributed by atoms with E-state index in [1.54, 1.807) is 23.9 Å². The van der Waals surface area contributed by atoms with Crippen LogP contribution in [0.15, 0.2) is 53.4 Å². The largest absolute Gasteiger partial charge is 0.494 e. The molecule has 0 saturated carbocycles. The lowest BCUT2D eigenvalue weighted by atomic mass is 10.1. The predicted molar refractivity (Wildman–Crippen MR) is 117 cm³/mol. The summed E-state index contributed by atoms with van der Waals surface area (Å²) in [5.74, 6) is 1.02. The summed E-state index contributed by atoms with van der Waals surface area (Å²) in [6.45, 7) is 5.50. The minimum Gasteiger partial charge on any atom is -0.494 e. The maximum absolute atomic E-state index is 12.4. The van der Waals surface area contributed by atoms with E-state index >= 15 is 0 Å². The van der Waals surface area contributed by atoms with Gasteiger partial charge in [-0.05, 0) is 66.7 Å². The average Bonchev–Trinajstić information content (AvgIpc) is 2.66. The first kappa shape index (κ1) is 21.3. The van der Waals surface area contributed by atoms with Crippen LogP contribution in [-0.4, -0.2) is 23.9 Å². The molecule has 0 aliphatic rings. The number of ether oxygens (including phenoxy) is 1. The number of thiocarbonyl (C=S) groups is 1. The van der Waals surface area contributed by atoms with Crippen molar-refractivity contribution in [2.75, 3.05) is 12.9 Å². The van der Waals surface area contributed by atoms with Crippen molar-refractivity contribution in [3.05, 3.63) is 59.7 Å². The van der Waals surface area contributed by atoms with Gasteiger partial charge in [-0.3, -0.25) is 10.1 Å². The van der Waals surface area contributed by atoms with Crippen molar-refractivity contribution in [2.24, 2.45) is 5.92 Å². The SMILES string of the molecule is CSc1ccc(CNC(=S)NC(=O)c2cccc(OCCC(C)C)c2)cc1. The van der Waals surface area contributed by atoms with Gasteiger partial charge in [0.05, 0.1) is 6.61 Å². The fourth-order valence-corrected chi connectivity index (χ4v) is 2.86. The molecule has 2 rings (SSSR count). The number of nitrogens with one attached hydrogen (secondary N) is 2. The van der Waals surface area contributed by atoms with Gasteiger partial charge in [-0.2, -0.15) is 0 Å². The number of hydrogen-bond acceptors (Lipinski definition) is 4. The quantitative estimate of drug-likeness (QED) is 0.498. The fraction of sp³-hybridized carbons (Fsp3) is 0.333. The molecule has 0 radical (unpaired) electrons.